The third kappa shape index (κ3) is 10.0. The van der Waals surface area contributed by atoms with E-state index in [1.54, 1.807) is 11.8 Å². The van der Waals surface area contributed by atoms with Crippen molar-refractivity contribution in [2.75, 3.05) is 57.5 Å². The van der Waals surface area contributed by atoms with E-state index in [9.17, 15) is 9.59 Å². The number of carbonyl (C=O) groups excluding carboxylic acids is 2. The summed E-state index contributed by atoms with van der Waals surface area (Å²) in [6.07, 6.45) is 1.52. The van der Waals surface area contributed by atoms with Gasteiger partial charge in [0.05, 0.1) is 5.75 Å². The summed E-state index contributed by atoms with van der Waals surface area (Å²) in [7, 11) is 7.82. The van der Waals surface area contributed by atoms with Crippen LogP contribution in [0.1, 0.15) is 18.4 Å². The highest BCUT2D eigenvalue weighted by atomic mass is 127. The molecule has 0 saturated carbocycles. The van der Waals surface area contributed by atoms with Crippen LogP contribution in [0.2, 0.25) is 0 Å². The third-order valence-electron chi connectivity index (χ3n) is 4.85. The summed E-state index contributed by atoms with van der Waals surface area (Å²) < 4.78 is 0.999. The molecule has 0 atom stereocenters. The molecule has 1 aliphatic rings. The van der Waals surface area contributed by atoms with Gasteiger partial charge in [-0.25, -0.2) is 0 Å². The highest BCUT2D eigenvalue weighted by molar-refractivity contribution is 14.1. The van der Waals surface area contributed by atoms with E-state index in [2.05, 4.69) is 71.2 Å². The first-order valence-corrected chi connectivity index (χ1v) is 15.2. The van der Waals surface area contributed by atoms with Gasteiger partial charge in [-0.15, -0.1) is 11.8 Å². The van der Waals surface area contributed by atoms with E-state index in [0.29, 0.717) is 25.4 Å². The predicted molar refractivity (Wildman–Crippen MR) is 141 cm³/mol. The van der Waals surface area contributed by atoms with E-state index in [-0.39, 0.29) is 17.7 Å². The van der Waals surface area contributed by atoms with Crippen LogP contribution in [0.5, 0.6) is 0 Å². The van der Waals surface area contributed by atoms with Gasteiger partial charge in [0.15, 0.2) is 0 Å². The molecule has 0 aromatic heterocycles. The Morgan fingerprint density at radius 1 is 1.13 bits per heavy atom. The van der Waals surface area contributed by atoms with Crippen molar-refractivity contribution in [3.05, 3.63) is 29.8 Å². The zero-order valence-corrected chi connectivity index (χ0v) is 22.4. The van der Waals surface area contributed by atoms with Crippen LogP contribution in [0.25, 0.3) is 0 Å². The molecule has 5 nitrogen and oxygen atoms in total. The van der Waals surface area contributed by atoms with E-state index >= 15 is 0 Å². The van der Waals surface area contributed by atoms with Crippen molar-refractivity contribution in [1.82, 2.24) is 15.1 Å². The molecule has 0 unspecified atom stereocenters. The normalized spacial score (nSPS) is 14.9. The molecule has 2 rings (SSSR count). The number of halogens is 1. The minimum Gasteiger partial charge on any atom is -0.355 e. The van der Waals surface area contributed by atoms with Gasteiger partial charge < -0.3 is 15.1 Å². The Kier molecular flexibility index (Phi) is 13.0. The van der Waals surface area contributed by atoms with Gasteiger partial charge in [0.2, 0.25) is 11.8 Å². The van der Waals surface area contributed by atoms with Gasteiger partial charge in [0, 0.05) is 52.9 Å². The maximum absolute atomic E-state index is 12.5. The number of thioether (sulfide) groups is 1. The maximum atomic E-state index is 12.5. The number of rotatable bonds is 12. The van der Waals surface area contributed by atoms with E-state index in [1.165, 1.54) is 5.56 Å². The Labute approximate surface area is 206 Å². The number of benzene rings is 1. The van der Waals surface area contributed by atoms with Crippen molar-refractivity contribution in [1.29, 1.82) is 0 Å². The van der Waals surface area contributed by atoms with Crippen LogP contribution in [0.15, 0.2) is 29.2 Å². The number of likely N-dealkylation sites (tertiary alicyclic amines) is 1. The Morgan fingerprint density at radius 3 is 2.43 bits per heavy atom. The average molecular weight is 582 g/mol. The van der Waals surface area contributed by atoms with Gasteiger partial charge in [-0.3, -0.25) is 9.59 Å². The first-order chi connectivity index (χ1) is 14.5. The smallest absolute Gasteiger partial charge is 0.232 e. The predicted octanol–water partition coefficient (Wildman–Crippen LogP) is 4.01. The fourth-order valence-electron chi connectivity index (χ4n) is 3.00. The summed E-state index contributed by atoms with van der Waals surface area (Å²) in [6, 6.07) is 8.40. The topological polar surface area (TPSA) is 52.7 Å². The average Bonchev–Trinajstić information content (AvgIpc) is 2.77. The first kappa shape index (κ1) is 26.2. The van der Waals surface area contributed by atoms with Gasteiger partial charge >= 0.3 is 0 Å². The number of nitrogens with one attached hydrogen (secondary N) is 1. The quantitative estimate of drug-likeness (QED) is 0.132. The minimum absolute atomic E-state index is 0.0360. The first-order valence-electron chi connectivity index (χ1n) is 10.2. The molecule has 0 bridgehead atoms. The van der Waals surface area contributed by atoms with Crippen molar-refractivity contribution in [3.8, 4) is 0 Å². The Balaban J connectivity index is 1.58. The number of piperidine rings is 1. The minimum atomic E-state index is 0.0360. The number of amides is 2. The van der Waals surface area contributed by atoms with E-state index in [0.717, 1.165) is 40.2 Å². The van der Waals surface area contributed by atoms with Crippen LogP contribution in [0.4, 0.5) is 0 Å². The van der Waals surface area contributed by atoms with Crippen LogP contribution >= 0.6 is 55.9 Å². The fraction of sp³-hybridized carbons (Fsp3) is 0.619. The second-order valence-corrected chi connectivity index (χ2v) is 12.0. The summed E-state index contributed by atoms with van der Waals surface area (Å²) in [6.45, 7) is 3.15. The summed E-state index contributed by atoms with van der Waals surface area (Å²) in [4.78, 5) is 30.1. The van der Waals surface area contributed by atoms with Crippen LogP contribution in [-0.4, -0.2) is 79.1 Å². The molecule has 0 aliphatic carbocycles. The number of carbonyl (C=O) groups is 2. The molecule has 1 heterocycles. The molecular formula is C21H32IN3O2S3. The molecule has 168 valence electrons. The van der Waals surface area contributed by atoms with Crippen LogP contribution in [0, 0.1) is 5.92 Å². The zero-order chi connectivity index (χ0) is 21.8. The van der Waals surface area contributed by atoms with E-state index < -0.39 is 0 Å². The Hall–Kier alpha value is -0.100. The van der Waals surface area contributed by atoms with Crippen LogP contribution in [-0.2, 0) is 14.0 Å². The van der Waals surface area contributed by atoms with Gasteiger partial charge in [-0.1, -0.05) is 56.3 Å². The summed E-state index contributed by atoms with van der Waals surface area (Å²) in [5.74, 6) is 2.84. The number of alkyl halides is 1. The molecule has 9 heteroatoms. The lowest BCUT2D eigenvalue weighted by molar-refractivity contribution is -0.133. The maximum Gasteiger partial charge on any atom is 0.232 e. The molecule has 30 heavy (non-hydrogen) atoms. The van der Waals surface area contributed by atoms with Gasteiger partial charge in [-0.2, -0.15) is 0 Å². The molecule has 0 spiro atoms. The van der Waals surface area contributed by atoms with Crippen molar-refractivity contribution >= 4 is 67.8 Å². The Morgan fingerprint density at radius 2 is 1.80 bits per heavy atom. The number of nitrogens with zero attached hydrogens (tertiary/aromatic N) is 2. The zero-order valence-electron chi connectivity index (χ0n) is 17.8. The van der Waals surface area contributed by atoms with E-state index in [1.807, 2.05) is 26.5 Å². The molecule has 2 amide bonds. The van der Waals surface area contributed by atoms with Crippen LogP contribution < -0.4 is 5.32 Å². The van der Waals surface area contributed by atoms with Crippen molar-refractivity contribution in [2.24, 2.45) is 5.92 Å². The highest BCUT2D eigenvalue weighted by Crippen LogP contribution is 2.23. The lowest BCUT2D eigenvalue weighted by Crippen LogP contribution is -2.44. The summed E-state index contributed by atoms with van der Waals surface area (Å²) in [5, 5.41) is 3.06. The molecular weight excluding hydrogens is 549 g/mol. The van der Waals surface area contributed by atoms with Gasteiger partial charge in [-0.05, 0) is 44.6 Å². The van der Waals surface area contributed by atoms with Crippen LogP contribution in [0.3, 0.4) is 0 Å². The van der Waals surface area contributed by atoms with Gasteiger partial charge in [0.25, 0.3) is 0 Å². The van der Waals surface area contributed by atoms with Crippen molar-refractivity contribution < 1.29 is 9.59 Å². The van der Waals surface area contributed by atoms with Crippen molar-refractivity contribution in [2.45, 2.75) is 22.2 Å². The highest BCUT2D eigenvalue weighted by Gasteiger charge is 2.27. The molecule has 1 aromatic carbocycles. The molecule has 1 aromatic rings. The number of hydrogen-bond donors (Lipinski definition) is 1. The molecule has 1 fully saturated rings. The lowest BCUT2D eigenvalue weighted by atomic mass is 9.96. The third-order valence-corrected chi connectivity index (χ3v) is 9.11. The molecule has 0 radical (unpaired) electrons. The van der Waals surface area contributed by atoms with Crippen molar-refractivity contribution in [3.63, 3.8) is 0 Å². The molecule has 1 aliphatic heterocycles. The largest absolute Gasteiger partial charge is 0.355 e. The second kappa shape index (κ2) is 14.9. The fourth-order valence-corrected chi connectivity index (χ4v) is 6.35. The van der Waals surface area contributed by atoms with Gasteiger partial charge in [0.1, 0.15) is 0 Å². The molecule has 1 saturated heterocycles. The second-order valence-electron chi connectivity index (χ2n) is 7.46. The molecule has 1 N–H and O–H groups in total. The summed E-state index contributed by atoms with van der Waals surface area (Å²) in [5.41, 5.74) is 1.30. The standard InChI is InChI=1S/C21H32IN3O2S3/c1-24(2)12-14-30-29-13-9-23-21(27)18-7-10-25(11-8-18)20(26)16-28-19-5-3-17(15-22)4-6-19/h3-6,18H,7-16H2,1-2H3,(H,23,27). The Bertz CT molecular complexity index is 653. The SMILES string of the molecule is CN(C)CCSSCCNC(=O)C1CCN(C(=O)CSc2ccc(CI)cc2)CC1. The summed E-state index contributed by atoms with van der Waals surface area (Å²) >= 11 is 3.94. The number of hydrogen-bond acceptors (Lipinski definition) is 6. The lowest BCUT2D eigenvalue weighted by Gasteiger charge is -2.31. The monoisotopic (exact) mass is 581 g/mol. The van der Waals surface area contributed by atoms with E-state index in [4.69, 9.17) is 0 Å².